The largest absolute Gasteiger partial charge is 0.450 e. The number of rotatable bonds is 26. The van der Waals surface area contributed by atoms with Gasteiger partial charge < -0.3 is 19.3 Å². The molecule has 0 saturated heterocycles. The molecule has 0 radical (unpaired) electrons. The Labute approximate surface area is 355 Å². The van der Waals surface area contributed by atoms with E-state index in [0.717, 1.165) is 121 Å². The number of ether oxygens (including phenoxy) is 2. The summed E-state index contributed by atoms with van der Waals surface area (Å²) in [6.07, 6.45) is 21.3. The highest BCUT2D eigenvalue weighted by Crippen LogP contribution is 2.26. The SMILES string of the molecule is C=CCN(C)CCC/C(C)=C/CC/C(C)=C/[C@H](OC(=O)/C=C/C(=O)O[C@@H](/C=C(\C)CC/C=C(\C)CCCN(C)CC=C)c1ccc(Br)cc1)c1ccc(Br)cc1. The molecule has 0 amide bonds. The molecule has 0 aliphatic rings. The summed E-state index contributed by atoms with van der Waals surface area (Å²) in [6, 6.07) is 15.4. The van der Waals surface area contributed by atoms with Gasteiger partial charge >= 0.3 is 11.9 Å². The average molecular weight is 893 g/mol. The molecule has 8 heteroatoms. The number of nitrogens with zero attached hydrogens (tertiary/aromatic N) is 2. The van der Waals surface area contributed by atoms with Crippen LogP contribution >= 0.6 is 31.9 Å². The van der Waals surface area contributed by atoms with E-state index in [-0.39, 0.29) is 0 Å². The van der Waals surface area contributed by atoms with Gasteiger partial charge in [-0.15, -0.1) is 13.2 Å². The number of benzene rings is 2. The second kappa shape index (κ2) is 27.9. The zero-order valence-electron chi connectivity index (χ0n) is 34.6. The monoisotopic (exact) mass is 890 g/mol. The zero-order chi connectivity index (χ0) is 41.3. The van der Waals surface area contributed by atoms with E-state index >= 15 is 0 Å². The van der Waals surface area contributed by atoms with E-state index < -0.39 is 24.1 Å². The molecule has 0 aliphatic heterocycles. The Kier molecular flexibility index (Phi) is 24.2. The van der Waals surface area contributed by atoms with Crippen LogP contribution in [-0.2, 0) is 19.1 Å². The molecule has 2 atom stereocenters. The standard InChI is InChI=1S/C48H64Br2N2O4/c1-9-31-51(7)33-13-19-37(3)15-11-17-39(5)35-45(41-21-25-43(49)26-22-41)55-47(53)29-30-48(54)56-46(42-23-27-44(50)28-24-42)36-40(6)18-12-16-38(4)20-14-34-52(8)32-10-2/h9-10,15-16,21-30,35-36,45-46H,1-2,11-14,17-20,31-34H2,3-8H3/b30-29+,37-15+,38-16+,39-35+,40-36+/t45-,46-/m0/s1. The van der Waals surface area contributed by atoms with Crippen molar-refractivity contribution < 1.29 is 19.1 Å². The lowest BCUT2D eigenvalue weighted by atomic mass is 10.0. The lowest BCUT2D eigenvalue weighted by molar-refractivity contribution is -0.144. The second-order valence-corrected chi connectivity index (χ2v) is 16.5. The van der Waals surface area contributed by atoms with Gasteiger partial charge in [-0.2, -0.15) is 0 Å². The van der Waals surface area contributed by atoms with E-state index in [1.807, 2.05) is 72.8 Å². The number of halogens is 2. The molecule has 2 aromatic rings. The number of allylic oxidation sites excluding steroid dienone is 6. The number of likely N-dealkylation sites (N-methyl/N-ethyl adjacent to an activating group) is 2. The van der Waals surface area contributed by atoms with Crippen molar-refractivity contribution in [3.63, 3.8) is 0 Å². The smallest absolute Gasteiger partial charge is 0.331 e. The van der Waals surface area contributed by atoms with Gasteiger partial charge in [-0.05, 0) is 154 Å². The first kappa shape index (κ1) is 48.6. The van der Waals surface area contributed by atoms with Crippen LogP contribution < -0.4 is 0 Å². The maximum atomic E-state index is 13.1. The molecular weight excluding hydrogens is 828 g/mol. The molecule has 56 heavy (non-hydrogen) atoms. The van der Waals surface area contributed by atoms with Gasteiger partial charge in [0, 0.05) is 34.2 Å². The van der Waals surface area contributed by atoms with Crippen LogP contribution in [0.5, 0.6) is 0 Å². The van der Waals surface area contributed by atoms with Crippen LogP contribution in [0.15, 0.2) is 142 Å². The first-order valence-electron chi connectivity index (χ1n) is 19.6. The average Bonchev–Trinajstić information content (AvgIpc) is 3.14. The summed E-state index contributed by atoms with van der Waals surface area (Å²) >= 11 is 6.99. The van der Waals surface area contributed by atoms with Crippen molar-refractivity contribution in [1.29, 1.82) is 0 Å². The summed E-state index contributed by atoms with van der Waals surface area (Å²) < 4.78 is 13.7. The minimum atomic E-state index is -0.627. The van der Waals surface area contributed by atoms with Gasteiger partial charge in [0.25, 0.3) is 0 Å². The van der Waals surface area contributed by atoms with E-state index in [1.165, 1.54) is 11.1 Å². The fraction of sp³-hybridized carbons (Fsp3) is 0.417. The third-order valence-electron chi connectivity index (χ3n) is 9.28. The lowest BCUT2D eigenvalue weighted by Crippen LogP contribution is -2.19. The van der Waals surface area contributed by atoms with Gasteiger partial charge in [-0.25, -0.2) is 9.59 Å². The highest BCUT2D eigenvalue weighted by molar-refractivity contribution is 9.10. The Hall–Kier alpha value is -3.56. The molecule has 0 unspecified atom stereocenters. The number of carbonyl (C=O) groups is 2. The predicted octanol–water partition coefficient (Wildman–Crippen LogP) is 12.8. The van der Waals surface area contributed by atoms with Gasteiger partial charge in [0.15, 0.2) is 0 Å². The summed E-state index contributed by atoms with van der Waals surface area (Å²) in [6.45, 7) is 20.0. The van der Waals surface area contributed by atoms with Gasteiger partial charge in [0.1, 0.15) is 12.2 Å². The molecule has 0 saturated carbocycles. The van der Waals surface area contributed by atoms with Crippen molar-refractivity contribution in [3.05, 3.63) is 153 Å². The minimum Gasteiger partial charge on any atom is -0.450 e. The molecule has 0 aliphatic carbocycles. The van der Waals surface area contributed by atoms with Crippen LogP contribution in [0.2, 0.25) is 0 Å². The Bertz CT molecular complexity index is 1550. The minimum absolute atomic E-state index is 0.612. The van der Waals surface area contributed by atoms with Gasteiger partial charge in [-0.3, -0.25) is 0 Å². The van der Waals surface area contributed by atoms with Crippen molar-refractivity contribution in [1.82, 2.24) is 9.80 Å². The highest BCUT2D eigenvalue weighted by atomic mass is 79.9. The molecular formula is C48H64Br2N2O4. The third kappa shape index (κ3) is 21.7. The second-order valence-electron chi connectivity index (χ2n) is 14.7. The molecule has 0 N–H and O–H groups in total. The van der Waals surface area contributed by atoms with Crippen LogP contribution in [0, 0.1) is 0 Å². The van der Waals surface area contributed by atoms with Crippen molar-refractivity contribution in [2.75, 3.05) is 40.3 Å². The van der Waals surface area contributed by atoms with Crippen LogP contribution in [-0.4, -0.2) is 62.0 Å². The molecule has 0 spiro atoms. The zero-order valence-corrected chi connectivity index (χ0v) is 37.7. The first-order valence-corrected chi connectivity index (χ1v) is 21.2. The fourth-order valence-electron chi connectivity index (χ4n) is 6.03. The Morgan fingerprint density at radius 1 is 0.607 bits per heavy atom. The van der Waals surface area contributed by atoms with Crippen molar-refractivity contribution in [2.45, 2.75) is 91.3 Å². The number of hydrogen-bond donors (Lipinski definition) is 0. The van der Waals surface area contributed by atoms with Crippen molar-refractivity contribution in [2.24, 2.45) is 0 Å². The normalized spacial score (nSPS) is 14.0. The van der Waals surface area contributed by atoms with Crippen LogP contribution in [0.25, 0.3) is 0 Å². The predicted molar refractivity (Wildman–Crippen MR) is 242 cm³/mol. The highest BCUT2D eigenvalue weighted by Gasteiger charge is 2.17. The molecule has 304 valence electrons. The molecule has 2 aromatic carbocycles. The quantitative estimate of drug-likeness (QED) is 0.0533. The van der Waals surface area contributed by atoms with E-state index in [4.69, 9.17) is 9.47 Å². The Morgan fingerprint density at radius 3 is 1.30 bits per heavy atom. The topological polar surface area (TPSA) is 59.1 Å². The molecule has 0 fully saturated rings. The number of hydrogen-bond acceptors (Lipinski definition) is 6. The maximum absolute atomic E-state index is 13.1. The molecule has 0 bridgehead atoms. The summed E-state index contributed by atoms with van der Waals surface area (Å²) in [5.41, 5.74) is 6.65. The number of esters is 2. The molecule has 6 nitrogen and oxygen atoms in total. The summed E-state index contributed by atoms with van der Waals surface area (Å²) in [7, 11) is 4.23. The van der Waals surface area contributed by atoms with Crippen molar-refractivity contribution >= 4 is 43.8 Å². The molecule has 0 aromatic heterocycles. The Balaban J connectivity index is 2.08. The molecule has 2 rings (SSSR count). The van der Waals surface area contributed by atoms with E-state index in [0.29, 0.717) is 0 Å². The van der Waals surface area contributed by atoms with Crippen molar-refractivity contribution in [3.8, 4) is 0 Å². The van der Waals surface area contributed by atoms with Crippen LogP contribution in [0.3, 0.4) is 0 Å². The summed E-state index contributed by atoms with van der Waals surface area (Å²) in [4.78, 5) is 30.8. The van der Waals surface area contributed by atoms with Crippen LogP contribution in [0.1, 0.15) is 102 Å². The summed E-state index contributed by atoms with van der Waals surface area (Å²) in [5, 5.41) is 0. The van der Waals surface area contributed by atoms with E-state index in [2.05, 4.69) is 109 Å². The van der Waals surface area contributed by atoms with Gasteiger partial charge in [-0.1, -0.05) is 103 Å². The lowest BCUT2D eigenvalue weighted by Gasteiger charge is -2.16. The molecule has 0 heterocycles. The van der Waals surface area contributed by atoms with Gasteiger partial charge in [0.05, 0.1) is 0 Å². The Morgan fingerprint density at radius 2 is 0.964 bits per heavy atom. The van der Waals surface area contributed by atoms with Gasteiger partial charge in [0.2, 0.25) is 0 Å². The first-order chi connectivity index (χ1) is 26.8. The third-order valence-corrected chi connectivity index (χ3v) is 10.3. The van der Waals surface area contributed by atoms with E-state index in [1.54, 1.807) is 0 Å². The summed E-state index contributed by atoms with van der Waals surface area (Å²) in [5.74, 6) is -1.25. The fourth-order valence-corrected chi connectivity index (χ4v) is 6.55. The number of carbonyl (C=O) groups excluding carboxylic acids is 2. The van der Waals surface area contributed by atoms with Crippen LogP contribution in [0.4, 0.5) is 0 Å². The van der Waals surface area contributed by atoms with E-state index in [9.17, 15) is 9.59 Å². The maximum Gasteiger partial charge on any atom is 0.331 e.